The first-order valence-electron chi connectivity index (χ1n) is 3.92. The molecule has 0 aromatic carbocycles. The van der Waals surface area contributed by atoms with Gasteiger partial charge in [-0.05, 0) is 12.5 Å². The van der Waals surface area contributed by atoms with Gasteiger partial charge in [0.15, 0.2) is 5.54 Å². The molecule has 3 nitrogen and oxygen atoms in total. The van der Waals surface area contributed by atoms with E-state index < -0.39 is 0 Å². The monoisotopic (exact) mass is 154 g/mol. The molecule has 11 heavy (non-hydrogen) atoms. The Morgan fingerprint density at radius 2 is 2.27 bits per heavy atom. The van der Waals surface area contributed by atoms with E-state index >= 15 is 0 Å². The lowest BCUT2D eigenvalue weighted by Crippen LogP contribution is -2.60. The molecule has 1 heterocycles. The van der Waals surface area contributed by atoms with Crippen molar-refractivity contribution in [3.63, 3.8) is 0 Å². The Bertz CT molecular complexity index is 167. The van der Waals surface area contributed by atoms with Crippen LogP contribution in [0.4, 0.5) is 0 Å². The molecule has 1 aliphatic rings. The fourth-order valence-corrected chi connectivity index (χ4v) is 0.912. The number of nitrogens with zero attached hydrogens (tertiary/aromatic N) is 1. The summed E-state index contributed by atoms with van der Waals surface area (Å²) < 4.78 is 4.98. The van der Waals surface area contributed by atoms with Crippen LogP contribution in [0, 0.1) is 17.2 Å². The average molecular weight is 154 g/mol. The zero-order valence-corrected chi connectivity index (χ0v) is 7.05. The van der Waals surface area contributed by atoms with Crippen molar-refractivity contribution in [2.24, 2.45) is 5.92 Å². The van der Waals surface area contributed by atoms with Crippen LogP contribution in [0.3, 0.4) is 0 Å². The van der Waals surface area contributed by atoms with E-state index in [4.69, 9.17) is 10.00 Å². The highest BCUT2D eigenvalue weighted by Crippen LogP contribution is 2.15. The van der Waals surface area contributed by atoms with Crippen LogP contribution in [-0.4, -0.2) is 25.3 Å². The van der Waals surface area contributed by atoms with Crippen LogP contribution >= 0.6 is 0 Å². The highest BCUT2D eigenvalue weighted by molar-refractivity contribution is 5.12. The topological polar surface area (TPSA) is 45.0 Å². The van der Waals surface area contributed by atoms with Crippen LogP contribution in [0.5, 0.6) is 0 Å². The van der Waals surface area contributed by atoms with E-state index in [1.54, 1.807) is 0 Å². The van der Waals surface area contributed by atoms with Gasteiger partial charge >= 0.3 is 0 Å². The molecule has 3 heteroatoms. The third kappa shape index (κ3) is 1.92. The van der Waals surface area contributed by atoms with Gasteiger partial charge in [0.25, 0.3) is 0 Å². The summed E-state index contributed by atoms with van der Waals surface area (Å²) in [6.07, 6.45) is 0. The standard InChI is InChI=1S/C8H14N2O/c1-7(2)3-10-8(4-9)5-11-6-8/h7,10H,3,5-6H2,1-2H3. The molecule has 0 aromatic rings. The number of ether oxygens (including phenoxy) is 1. The minimum absolute atomic E-state index is 0.371. The van der Waals surface area contributed by atoms with Crippen LogP contribution in [0.2, 0.25) is 0 Å². The van der Waals surface area contributed by atoms with Gasteiger partial charge in [-0.3, -0.25) is 5.32 Å². The maximum absolute atomic E-state index is 8.76. The second kappa shape index (κ2) is 3.21. The molecule has 62 valence electrons. The van der Waals surface area contributed by atoms with Crippen molar-refractivity contribution >= 4 is 0 Å². The fourth-order valence-electron chi connectivity index (χ4n) is 0.912. The molecule has 0 aromatic heterocycles. The summed E-state index contributed by atoms with van der Waals surface area (Å²) in [6.45, 7) is 6.21. The lowest BCUT2D eigenvalue weighted by Gasteiger charge is -2.36. The van der Waals surface area contributed by atoms with Gasteiger partial charge in [-0.1, -0.05) is 13.8 Å². The molecule has 0 aliphatic carbocycles. The van der Waals surface area contributed by atoms with Gasteiger partial charge in [-0.2, -0.15) is 5.26 Å². The van der Waals surface area contributed by atoms with Crippen molar-refractivity contribution in [1.82, 2.24) is 5.32 Å². The Kier molecular flexibility index (Phi) is 2.48. The van der Waals surface area contributed by atoms with E-state index in [1.165, 1.54) is 0 Å². The zero-order valence-electron chi connectivity index (χ0n) is 7.05. The van der Waals surface area contributed by atoms with Crippen LogP contribution in [-0.2, 0) is 4.74 Å². The number of hydrogen-bond donors (Lipinski definition) is 1. The van der Waals surface area contributed by atoms with Gasteiger partial charge in [-0.15, -0.1) is 0 Å². The Labute approximate surface area is 67.3 Å². The van der Waals surface area contributed by atoms with Gasteiger partial charge in [-0.25, -0.2) is 0 Å². The zero-order chi connectivity index (χ0) is 8.32. The smallest absolute Gasteiger partial charge is 0.153 e. The molecule has 1 fully saturated rings. The van der Waals surface area contributed by atoms with Gasteiger partial charge in [0.2, 0.25) is 0 Å². The van der Waals surface area contributed by atoms with Crippen LogP contribution in [0.15, 0.2) is 0 Å². The summed E-state index contributed by atoms with van der Waals surface area (Å²) in [5.74, 6) is 0.584. The van der Waals surface area contributed by atoms with E-state index in [0.717, 1.165) is 6.54 Å². The van der Waals surface area contributed by atoms with E-state index in [2.05, 4.69) is 25.2 Å². The Morgan fingerprint density at radius 3 is 2.55 bits per heavy atom. The first-order valence-corrected chi connectivity index (χ1v) is 3.92. The minimum Gasteiger partial charge on any atom is -0.375 e. The highest BCUT2D eigenvalue weighted by Gasteiger charge is 2.38. The fraction of sp³-hybridized carbons (Fsp3) is 0.875. The molecule has 0 bridgehead atoms. The van der Waals surface area contributed by atoms with E-state index in [0.29, 0.717) is 19.1 Å². The summed E-state index contributed by atoms with van der Waals surface area (Å²) in [5, 5.41) is 12.0. The summed E-state index contributed by atoms with van der Waals surface area (Å²) in [6, 6.07) is 2.23. The molecule has 0 spiro atoms. The van der Waals surface area contributed by atoms with Crippen molar-refractivity contribution in [2.75, 3.05) is 19.8 Å². The first kappa shape index (κ1) is 8.51. The van der Waals surface area contributed by atoms with Gasteiger partial charge in [0.1, 0.15) is 0 Å². The van der Waals surface area contributed by atoms with Gasteiger partial charge < -0.3 is 4.74 Å². The Balaban J connectivity index is 2.29. The lowest BCUT2D eigenvalue weighted by molar-refractivity contribution is -0.0445. The van der Waals surface area contributed by atoms with Crippen LogP contribution in [0.25, 0.3) is 0 Å². The van der Waals surface area contributed by atoms with E-state index in [1.807, 2.05) is 0 Å². The molecular formula is C8H14N2O. The summed E-state index contributed by atoms with van der Waals surface area (Å²) in [5.41, 5.74) is -0.371. The first-order chi connectivity index (χ1) is 5.18. The van der Waals surface area contributed by atoms with Crippen molar-refractivity contribution in [3.8, 4) is 6.07 Å². The predicted octanol–water partition coefficient (Wildman–Crippen LogP) is 0.525. The highest BCUT2D eigenvalue weighted by atomic mass is 16.5. The number of nitriles is 1. The maximum atomic E-state index is 8.76. The van der Waals surface area contributed by atoms with Crippen LogP contribution < -0.4 is 5.32 Å². The SMILES string of the molecule is CC(C)CNC1(C#N)COC1. The number of hydrogen-bond acceptors (Lipinski definition) is 3. The molecular weight excluding hydrogens is 140 g/mol. The van der Waals surface area contributed by atoms with Crippen molar-refractivity contribution in [3.05, 3.63) is 0 Å². The molecule has 0 atom stereocenters. The molecule has 1 N–H and O–H groups in total. The van der Waals surface area contributed by atoms with Crippen LogP contribution in [0.1, 0.15) is 13.8 Å². The minimum atomic E-state index is -0.371. The number of rotatable bonds is 3. The normalized spacial score (nSPS) is 20.9. The largest absolute Gasteiger partial charge is 0.375 e. The van der Waals surface area contributed by atoms with Gasteiger partial charge in [0.05, 0.1) is 19.3 Å². The lowest BCUT2D eigenvalue weighted by atomic mass is 9.99. The van der Waals surface area contributed by atoms with Gasteiger partial charge in [0, 0.05) is 0 Å². The summed E-state index contributed by atoms with van der Waals surface area (Å²) in [7, 11) is 0. The Hall–Kier alpha value is -0.590. The van der Waals surface area contributed by atoms with E-state index in [9.17, 15) is 0 Å². The maximum Gasteiger partial charge on any atom is 0.153 e. The van der Waals surface area contributed by atoms with Crippen molar-refractivity contribution in [2.45, 2.75) is 19.4 Å². The third-order valence-electron chi connectivity index (χ3n) is 1.76. The molecule has 0 radical (unpaired) electrons. The summed E-state index contributed by atoms with van der Waals surface area (Å²) in [4.78, 5) is 0. The molecule has 1 saturated heterocycles. The van der Waals surface area contributed by atoms with Crippen molar-refractivity contribution in [1.29, 1.82) is 5.26 Å². The second-order valence-corrected chi connectivity index (χ2v) is 3.46. The molecule has 1 rings (SSSR count). The van der Waals surface area contributed by atoms with E-state index in [-0.39, 0.29) is 5.54 Å². The van der Waals surface area contributed by atoms with Crippen molar-refractivity contribution < 1.29 is 4.74 Å². The molecule has 1 aliphatic heterocycles. The summed E-state index contributed by atoms with van der Waals surface area (Å²) >= 11 is 0. The number of nitrogens with one attached hydrogen (secondary N) is 1. The average Bonchev–Trinajstić information content (AvgIpc) is 1.86. The quantitative estimate of drug-likeness (QED) is 0.644. The Morgan fingerprint density at radius 1 is 1.64 bits per heavy atom. The third-order valence-corrected chi connectivity index (χ3v) is 1.76. The predicted molar refractivity (Wildman–Crippen MR) is 42.0 cm³/mol. The molecule has 0 saturated carbocycles. The molecule has 0 unspecified atom stereocenters. The molecule has 0 amide bonds. The second-order valence-electron chi connectivity index (χ2n) is 3.46.